The van der Waals surface area contributed by atoms with Crippen molar-refractivity contribution in [2.24, 2.45) is 0 Å². The normalized spacial score (nSPS) is 23.9. The molecular weight excluding hydrogens is 300 g/mol. The van der Waals surface area contributed by atoms with Crippen molar-refractivity contribution < 1.29 is 18.7 Å². The number of carbonyl (C=O) groups excluding carboxylic acids is 1. The quantitative estimate of drug-likeness (QED) is 0.894. The van der Waals surface area contributed by atoms with Crippen molar-refractivity contribution in [3.63, 3.8) is 0 Å². The first-order chi connectivity index (χ1) is 11.3. The number of nitrogens with one attached hydrogen (secondary N) is 1. The highest BCUT2D eigenvalue weighted by molar-refractivity contribution is 5.79. The van der Waals surface area contributed by atoms with Crippen LogP contribution in [-0.4, -0.2) is 47.0 Å². The zero-order valence-electron chi connectivity index (χ0n) is 12.4. The van der Waals surface area contributed by atoms with Gasteiger partial charge < -0.3 is 19.2 Å². The van der Waals surface area contributed by atoms with E-state index in [0.717, 1.165) is 12.0 Å². The summed E-state index contributed by atoms with van der Waals surface area (Å²) in [6.45, 7) is 1.83. The minimum absolute atomic E-state index is 0.00753. The molecule has 2 unspecified atom stereocenters. The Bertz CT molecular complexity index is 711. The molecule has 0 saturated carbocycles. The van der Waals surface area contributed by atoms with E-state index in [1.165, 1.54) is 0 Å². The summed E-state index contributed by atoms with van der Waals surface area (Å²) in [7, 11) is 0. The van der Waals surface area contributed by atoms with Crippen LogP contribution in [0.1, 0.15) is 24.7 Å². The van der Waals surface area contributed by atoms with Crippen LogP contribution in [0.3, 0.4) is 0 Å². The molecule has 2 aliphatic rings. The topological polar surface area (TPSA) is 99.4 Å². The van der Waals surface area contributed by atoms with E-state index < -0.39 is 0 Å². The van der Waals surface area contributed by atoms with Gasteiger partial charge in [0.1, 0.15) is 6.10 Å². The summed E-state index contributed by atoms with van der Waals surface area (Å²) >= 11 is 0. The molecule has 8 heteroatoms. The number of nitrogens with zero attached hydrogens (tertiary/aromatic N) is 3. The van der Waals surface area contributed by atoms with Crippen molar-refractivity contribution in [1.29, 1.82) is 0 Å². The molecule has 2 aromatic rings. The van der Waals surface area contributed by atoms with Gasteiger partial charge in [-0.3, -0.25) is 4.79 Å². The van der Waals surface area contributed by atoms with Gasteiger partial charge in [0, 0.05) is 37.2 Å². The van der Waals surface area contributed by atoms with Crippen LogP contribution in [0.4, 0.5) is 0 Å². The van der Waals surface area contributed by atoms with Crippen molar-refractivity contribution >= 4 is 5.91 Å². The van der Waals surface area contributed by atoms with Gasteiger partial charge in [-0.15, -0.1) is 10.2 Å². The van der Waals surface area contributed by atoms with Gasteiger partial charge in [0.25, 0.3) is 0 Å². The van der Waals surface area contributed by atoms with Crippen LogP contribution in [0.2, 0.25) is 0 Å². The Balaban J connectivity index is 1.51. The van der Waals surface area contributed by atoms with E-state index in [9.17, 15) is 4.79 Å². The predicted molar refractivity (Wildman–Crippen MR) is 77.7 cm³/mol. The highest BCUT2D eigenvalue weighted by atomic mass is 16.5. The summed E-state index contributed by atoms with van der Waals surface area (Å²) in [5, 5.41) is 10.9. The summed E-state index contributed by atoms with van der Waals surface area (Å²) in [5.41, 5.74) is 0.741. The fraction of sp³-hybridized carbons (Fsp3) is 0.467. The first-order valence-corrected chi connectivity index (χ1v) is 7.59. The van der Waals surface area contributed by atoms with E-state index in [2.05, 4.69) is 20.5 Å². The second kappa shape index (κ2) is 5.96. The van der Waals surface area contributed by atoms with Gasteiger partial charge in [-0.05, 0) is 6.07 Å². The maximum absolute atomic E-state index is 11.3. The highest BCUT2D eigenvalue weighted by Gasteiger charge is 2.28. The Morgan fingerprint density at radius 3 is 3.09 bits per heavy atom. The van der Waals surface area contributed by atoms with Gasteiger partial charge >= 0.3 is 0 Å². The monoisotopic (exact) mass is 316 g/mol. The molecule has 2 aromatic heterocycles. The Kier molecular flexibility index (Phi) is 3.66. The number of amides is 1. The molecule has 120 valence electrons. The van der Waals surface area contributed by atoms with Gasteiger partial charge in [-0.2, -0.15) is 0 Å². The number of carbonyl (C=O) groups is 1. The van der Waals surface area contributed by atoms with Crippen molar-refractivity contribution in [2.45, 2.75) is 24.9 Å². The fourth-order valence-electron chi connectivity index (χ4n) is 2.68. The molecule has 4 rings (SSSR count). The Morgan fingerprint density at radius 1 is 1.35 bits per heavy atom. The average Bonchev–Trinajstić information content (AvgIpc) is 3.28. The Labute approximate surface area is 132 Å². The molecule has 0 spiro atoms. The molecule has 2 fully saturated rings. The van der Waals surface area contributed by atoms with Crippen molar-refractivity contribution in [2.75, 3.05) is 19.8 Å². The molecule has 4 heterocycles. The molecule has 0 aromatic carbocycles. The van der Waals surface area contributed by atoms with Crippen LogP contribution in [0.25, 0.3) is 11.5 Å². The molecule has 1 N–H and O–H groups in total. The maximum Gasteiger partial charge on any atom is 0.248 e. The van der Waals surface area contributed by atoms with E-state index in [0.29, 0.717) is 43.8 Å². The number of ether oxygens (including phenoxy) is 2. The molecule has 1 amide bonds. The molecule has 0 radical (unpaired) electrons. The lowest BCUT2D eigenvalue weighted by atomic mass is 10.1. The third-order valence-corrected chi connectivity index (χ3v) is 3.92. The third kappa shape index (κ3) is 3.02. The van der Waals surface area contributed by atoms with Gasteiger partial charge in [0.15, 0.2) is 0 Å². The van der Waals surface area contributed by atoms with Crippen molar-refractivity contribution in [3.05, 3.63) is 24.2 Å². The van der Waals surface area contributed by atoms with E-state index in [1.807, 2.05) is 0 Å². The first kappa shape index (κ1) is 14.1. The molecule has 23 heavy (non-hydrogen) atoms. The third-order valence-electron chi connectivity index (χ3n) is 3.92. The highest BCUT2D eigenvalue weighted by Crippen LogP contribution is 2.27. The molecule has 0 bridgehead atoms. The maximum atomic E-state index is 11.3. The van der Waals surface area contributed by atoms with Crippen LogP contribution in [0, 0.1) is 0 Å². The Hall–Kier alpha value is -2.48. The second-order valence-corrected chi connectivity index (χ2v) is 5.64. The minimum Gasteiger partial charge on any atom is -0.472 e. The number of hydrogen-bond donors (Lipinski definition) is 1. The van der Waals surface area contributed by atoms with Gasteiger partial charge in [0.05, 0.1) is 19.1 Å². The number of aromatic nitrogens is 3. The summed E-state index contributed by atoms with van der Waals surface area (Å²) in [4.78, 5) is 15.5. The molecule has 8 nitrogen and oxygen atoms in total. The summed E-state index contributed by atoms with van der Waals surface area (Å²) < 4.78 is 16.8. The average molecular weight is 316 g/mol. The fourth-order valence-corrected chi connectivity index (χ4v) is 2.68. The van der Waals surface area contributed by atoms with Crippen LogP contribution >= 0.6 is 0 Å². The molecule has 2 saturated heterocycles. The molecule has 2 atom stereocenters. The second-order valence-electron chi connectivity index (χ2n) is 5.64. The standard InChI is InChI=1S/C15H16N4O4/c20-12-5-10(7-17-12)15-19-18-14(23-15)9-1-3-16-13(6-9)22-11-2-4-21-8-11/h1,3,6,10-11H,2,4-5,7-8H2,(H,17,20). The minimum atomic E-state index is -0.0584. The summed E-state index contributed by atoms with van der Waals surface area (Å²) in [6.07, 6.45) is 2.92. The van der Waals surface area contributed by atoms with Gasteiger partial charge in [0.2, 0.25) is 23.6 Å². The first-order valence-electron chi connectivity index (χ1n) is 7.59. The molecular formula is C15H16N4O4. The Morgan fingerprint density at radius 2 is 2.30 bits per heavy atom. The zero-order chi connectivity index (χ0) is 15.6. The molecule has 2 aliphatic heterocycles. The zero-order valence-corrected chi connectivity index (χ0v) is 12.4. The smallest absolute Gasteiger partial charge is 0.248 e. The number of pyridine rings is 1. The summed E-state index contributed by atoms with van der Waals surface area (Å²) in [5.74, 6) is 1.33. The van der Waals surface area contributed by atoms with Crippen LogP contribution in [-0.2, 0) is 9.53 Å². The SMILES string of the molecule is O=C1CC(c2nnc(-c3ccnc(OC4CCOC4)c3)o2)CN1. The summed E-state index contributed by atoms with van der Waals surface area (Å²) in [6, 6.07) is 3.56. The lowest BCUT2D eigenvalue weighted by Crippen LogP contribution is -2.16. The van der Waals surface area contributed by atoms with Crippen LogP contribution < -0.4 is 10.1 Å². The predicted octanol–water partition coefficient (Wildman–Crippen LogP) is 0.903. The molecule has 0 aliphatic carbocycles. The van der Waals surface area contributed by atoms with Gasteiger partial charge in [-0.25, -0.2) is 4.98 Å². The van der Waals surface area contributed by atoms with Crippen molar-refractivity contribution in [1.82, 2.24) is 20.5 Å². The van der Waals surface area contributed by atoms with Crippen LogP contribution in [0.5, 0.6) is 5.88 Å². The van der Waals surface area contributed by atoms with E-state index in [4.69, 9.17) is 13.9 Å². The lowest BCUT2D eigenvalue weighted by Gasteiger charge is -2.10. The largest absolute Gasteiger partial charge is 0.472 e. The van der Waals surface area contributed by atoms with Crippen LogP contribution in [0.15, 0.2) is 22.7 Å². The van der Waals surface area contributed by atoms with E-state index in [-0.39, 0.29) is 17.9 Å². The lowest BCUT2D eigenvalue weighted by molar-refractivity contribution is -0.119. The van der Waals surface area contributed by atoms with Gasteiger partial charge in [-0.1, -0.05) is 0 Å². The van der Waals surface area contributed by atoms with Crippen molar-refractivity contribution in [3.8, 4) is 17.3 Å². The number of rotatable bonds is 4. The number of hydrogen-bond acceptors (Lipinski definition) is 7. The van der Waals surface area contributed by atoms with E-state index in [1.54, 1.807) is 18.3 Å². The van der Waals surface area contributed by atoms with E-state index >= 15 is 0 Å².